The fraction of sp³-hybridized carbons (Fsp3) is 0.433. The van der Waals surface area contributed by atoms with Gasteiger partial charge in [0, 0.05) is 29.3 Å². The fourth-order valence-electron chi connectivity index (χ4n) is 5.18. The lowest BCUT2D eigenvalue weighted by atomic mass is 10.1. The van der Waals surface area contributed by atoms with Crippen molar-refractivity contribution in [3.05, 3.63) is 48.0 Å². The van der Waals surface area contributed by atoms with Gasteiger partial charge in [-0.2, -0.15) is 0 Å². The number of aromatic nitrogens is 2. The van der Waals surface area contributed by atoms with Crippen LogP contribution in [0.2, 0.25) is 0 Å². The van der Waals surface area contributed by atoms with E-state index < -0.39 is 36.3 Å². The van der Waals surface area contributed by atoms with Gasteiger partial charge in [0.1, 0.15) is 34.3 Å². The van der Waals surface area contributed by atoms with Crippen LogP contribution in [0.1, 0.15) is 45.2 Å². The molecular formula is C30H34N4O7S. The molecule has 2 fully saturated rings. The van der Waals surface area contributed by atoms with Gasteiger partial charge >= 0.3 is 12.2 Å². The van der Waals surface area contributed by atoms with E-state index in [0.29, 0.717) is 34.5 Å². The number of rotatable bonds is 9. The molecule has 3 heterocycles. The quantitative estimate of drug-likeness (QED) is 0.317. The van der Waals surface area contributed by atoms with Crippen LogP contribution in [-0.4, -0.2) is 81.4 Å². The summed E-state index contributed by atoms with van der Waals surface area (Å²) in [5.74, 6) is 0.697. The third-order valence-corrected chi connectivity index (χ3v) is 8.42. The van der Waals surface area contributed by atoms with Gasteiger partial charge in [-0.15, -0.1) is 17.9 Å². The number of hydrogen-bond donors (Lipinski definition) is 1. The van der Waals surface area contributed by atoms with Crippen LogP contribution in [0.3, 0.4) is 0 Å². The summed E-state index contributed by atoms with van der Waals surface area (Å²) in [5, 5.41) is 13.4. The molecule has 1 saturated carbocycles. The van der Waals surface area contributed by atoms with Crippen molar-refractivity contribution in [2.45, 2.75) is 57.7 Å². The molecule has 11 nitrogen and oxygen atoms in total. The molecule has 0 spiro atoms. The van der Waals surface area contributed by atoms with Crippen LogP contribution >= 0.6 is 11.3 Å². The van der Waals surface area contributed by atoms with Gasteiger partial charge in [0.2, 0.25) is 0 Å². The molecule has 1 aromatic carbocycles. The van der Waals surface area contributed by atoms with E-state index in [1.807, 2.05) is 11.4 Å². The van der Waals surface area contributed by atoms with E-state index in [9.17, 15) is 19.5 Å². The Kier molecular flexibility index (Phi) is 8.35. The number of nitrogens with zero attached hydrogens (tertiary/aromatic N) is 4. The molecule has 42 heavy (non-hydrogen) atoms. The van der Waals surface area contributed by atoms with Crippen molar-refractivity contribution in [2.24, 2.45) is 5.92 Å². The van der Waals surface area contributed by atoms with Gasteiger partial charge < -0.3 is 19.3 Å². The zero-order valence-corrected chi connectivity index (χ0v) is 24.8. The van der Waals surface area contributed by atoms with Crippen LogP contribution in [0.15, 0.2) is 42.3 Å². The summed E-state index contributed by atoms with van der Waals surface area (Å²) >= 11 is 1.48. The van der Waals surface area contributed by atoms with Crippen LogP contribution in [0.4, 0.5) is 9.59 Å². The van der Waals surface area contributed by atoms with Gasteiger partial charge in [-0.1, -0.05) is 19.9 Å². The lowest BCUT2D eigenvalue weighted by Gasteiger charge is -2.27. The monoisotopic (exact) mass is 594 g/mol. The number of ether oxygens (including phenoxy) is 3. The summed E-state index contributed by atoms with van der Waals surface area (Å²) in [6.07, 6.45) is -0.387. The van der Waals surface area contributed by atoms with E-state index >= 15 is 0 Å². The Balaban J connectivity index is 1.46. The molecule has 5 rings (SSSR count). The molecule has 4 atom stereocenters. The van der Waals surface area contributed by atoms with E-state index in [4.69, 9.17) is 24.2 Å². The number of carbonyl (C=O) groups excluding carboxylic acids is 2. The van der Waals surface area contributed by atoms with E-state index in [0.717, 1.165) is 20.5 Å². The molecule has 0 radical (unpaired) electrons. The van der Waals surface area contributed by atoms with Crippen LogP contribution in [0.25, 0.3) is 21.6 Å². The maximum Gasteiger partial charge on any atom is 0.416 e. The summed E-state index contributed by atoms with van der Waals surface area (Å²) < 4.78 is 17.0. The molecule has 1 aliphatic carbocycles. The van der Waals surface area contributed by atoms with Gasteiger partial charge in [0.15, 0.2) is 0 Å². The number of amides is 3. The number of fused-ring (bicyclic) bond motifs is 1. The molecule has 222 valence electrons. The first-order valence-corrected chi connectivity index (χ1v) is 14.8. The molecule has 1 N–H and O–H groups in total. The Morgan fingerprint density at radius 1 is 1.24 bits per heavy atom. The molecule has 0 bridgehead atoms. The highest BCUT2D eigenvalue weighted by Gasteiger charge is 2.51. The topological polar surface area (TPSA) is 131 Å². The van der Waals surface area contributed by atoms with Crippen molar-refractivity contribution in [3.63, 3.8) is 0 Å². The Morgan fingerprint density at radius 2 is 2.02 bits per heavy atom. The van der Waals surface area contributed by atoms with Gasteiger partial charge in [0.25, 0.3) is 5.91 Å². The smallest absolute Gasteiger partial charge is 0.416 e. The minimum atomic E-state index is -1.27. The predicted molar refractivity (Wildman–Crippen MR) is 157 cm³/mol. The number of carboxylic acid groups (broad SMARTS) is 1. The number of pyridine rings is 1. The Bertz CT molecular complexity index is 1520. The average Bonchev–Trinajstić information content (AvgIpc) is 3.34. The predicted octanol–water partition coefficient (Wildman–Crippen LogP) is 5.55. The number of carbonyl (C=O) groups is 3. The SMILES string of the molecule is C=CC1CC1N(C(=O)OCC)C(=O)C1CC(Oc2cc(-c3nc(C(C)C)cs3)nc3cc(OC)ccc23)CN1C(=O)O. The zero-order valence-electron chi connectivity index (χ0n) is 24.0. The van der Waals surface area contributed by atoms with E-state index in [2.05, 4.69) is 20.4 Å². The van der Waals surface area contributed by atoms with Gasteiger partial charge in [-0.05, 0) is 37.3 Å². The molecule has 4 unspecified atom stereocenters. The third kappa shape index (κ3) is 5.76. The highest BCUT2D eigenvalue weighted by Crippen LogP contribution is 2.39. The first kappa shape index (κ1) is 29.3. The van der Waals surface area contributed by atoms with Gasteiger partial charge in [-0.3, -0.25) is 9.69 Å². The Hall–Kier alpha value is -4.19. The second-order valence-electron chi connectivity index (χ2n) is 10.7. The van der Waals surface area contributed by atoms with Crippen molar-refractivity contribution in [2.75, 3.05) is 20.3 Å². The first-order valence-electron chi connectivity index (χ1n) is 13.9. The normalized spacial score (nSPS) is 21.3. The molecule has 3 amide bonds. The van der Waals surface area contributed by atoms with Crippen molar-refractivity contribution < 1.29 is 33.7 Å². The largest absolute Gasteiger partial charge is 0.497 e. The van der Waals surface area contributed by atoms with E-state index in [1.54, 1.807) is 38.3 Å². The highest BCUT2D eigenvalue weighted by molar-refractivity contribution is 7.13. The maximum atomic E-state index is 13.7. The summed E-state index contributed by atoms with van der Waals surface area (Å²) in [6, 6.07) is 5.71. The van der Waals surface area contributed by atoms with Crippen molar-refractivity contribution in [3.8, 4) is 22.2 Å². The van der Waals surface area contributed by atoms with Gasteiger partial charge in [-0.25, -0.2) is 24.5 Å². The second kappa shape index (κ2) is 12.0. The van der Waals surface area contributed by atoms with Crippen molar-refractivity contribution in [1.82, 2.24) is 19.8 Å². The van der Waals surface area contributed by atoms with Crippen molar-refractivity contribution >= 4 is 40.3 Å². The standard InChI is InChI=1S/C30H34N4O7S/c1-6-17-10-24(17)34(30(38)40-7-2)28(35)25-12-19(14-33(25)29(36)37)41-26-13-22(27-32-23(15-42-27)16(3)4)31-21-11-18(39-5)8-9-20(21)26/h6,8-9,11,13,15-17,19,24-25H,1,7,10,12,14H2,2-5H3,(H,36,37). The van der Waals surface area contributed by atoms with Crippen LogP contribution < -0.4 is 9.47 Å². The van der Waals surface area contributed by atoms with Crippen LogP contribution in [-0.2, 0) is 9.53 Å². The van der Waals surface area contributed by atoms with Crippen LogP contribution in [0, 0.1) is 5.92 Å². The lowest BCUT2D eigenvalue weighted by Crippen LogP contribution is -2.50. The van der Waals surface area contributed by atoms with Gasteiger partial charge in [0.05, 0.1) is 37.5 Å². The maximum absolute atomic E-state index is 13.7. The molecule has 12 heteroatoms. The van der Waals surface area contributed by atoms with Crippen molar-refractivity contribution in [1.29, 1.82) is 0 Å². The minimum Gasteiger partial charge on any atom is -0.497 e. The number of imide groups is 1. The second-order valence-corrected chi connectivity index (χ2v) is 11.5. The Labute approximate surface area is 247 Å². The number of methoxy groups -OCH3 is 1. The summed E-state index contributed by atoms with van der Waals surface area (Å²) in [6.45, 7) is 9.59. The summed E-state index contributed by atoms with van der Waals surface area (Å²) in [5.41, 5.74) is 2.20. The highest BCUT2D eigenvalue weighted by atomic mass is 32.1. The number of hydrogen-bond acceptors (Lipinski definition) is 9. The molecule has 2 aromatic heterocycles. The third-order valence-electron chi connectivity index (χ3n) is 7.54. The van der Waals surface area contributed by atoms with E-state index in [-0.39, 0.29) is 31.4 Å². The Morgan fingerprint density at radius 3 is 2.64 bits per heavy atom. The summed E-state index contributed by atoms with van der Waals surface area (Å²) in [7, 11) is 1.58. The molecule has 1 saturated heterocycles. The molecule has 2 aliphatic rings. The first-order chi connectivity index (χ1) is 20.1. The number of thiazole rings is 1. The fourth-order valence-corrected chi connectivity index (χ4v) is 6.12. The van der Waals surface area contributed by atoms with E-state index in [1.165, 1.54) is 11.3 Å². The number of likely N-dealkylation sites (tertiary alicyclic amines) is 1. The molecular weight excluding hydrogens is 560 g/mol. The minimum absolute atomic E-state index is 0.0502. The average molecular weight is 595 g/mol. The number of benzene rings is 1. The zero-order chi connectivity index (χ0) is 30.1. The van der Waals surface area contributed by atoms with Crippen LogP contribution in [0.5, 0.6) is 11.5 Å². The summed E-state index contributed by atoms with van der Waals surface area (Å²) in [4.78, 5) is 50.4. The molecule has 3 aromatic rings. The molecule has 1 aliphatic heterocycles. The lowest BCUT2D eigenvalue weighted by molar-refractivity contribution is -0.134.